The first kappa shape index (κ1) is 16.2. The summed E-state index contributed by atoms with van der Waals surface area (Å²) < 4.78 is 0. The molecular weight excluding hydrogens is 254 g/mol. The minimum absolute atomic E-state index is 0.0185. The van der Waals surface area contributed by atoms with Crippen molar-refractivity contribution in [3.05, 3.63) is 29.8 Å². The summed E-state index contributed by atoms with van der Waals surface area (Å²) in [6.45, 7) is 5.93. The van der Waals surface area contributed by atoms with Gasteiger partial charge in [-0.3, -0.25) is 9.59 Å². The highest BCUT2D eigenvalue weighted by molar-refractivity contribution is 5.92. The van der Waals surface area contributed by atoms with Gasteiger partial charge >= 0.3 is 0 Å². The van der Waals surface area contributed by atoms with Crippen molar-refractivity contribution < 1.29 is 9.59 Å². The van der Waals surface area contributed by atoms with Crippen LogP contribution in [0.2, 0.25) is 0 Å². The Morgan fingerprint density at radius 2 is 1.85 bits per heavy atom. The summed E-state index contributed by atoms with van der Waals surface area (Å²) in [5.41, 5.74) is 1.69. The van der Waals surface area contributed by atoms with E-state index in [9.17, 15) is 9.59 Å². The third-order valence-corrected chi connectivity index (χ3v) is 3.01. The Bertz CT molecular complexity index is 472. The number of hydrogen-bond donors (Lipinski definition) is 3. The lowest BCUT2D eigenvalue weighted by molar-refractivity contribution is -0.122. The van der Waals surface area contributed by atoms with E-state index in [1.807, 2.05) is 38.1 Å². The van der Waals surface area contributed by atoms with E-state index >= 15 is 0 Å². The smallest absolute Gasteiger partial charge is 0.237 e. The van der Waals surface area contributed by atoms with E-state index in [0.29, 0.717) is 6.54 Å². The molecule has 1 rings (SSSR count). The second-order valence-corrected chi connectivity index (χ2v) is 5.07. The van der Waals surface area contributed by atoms with E-state index in [0.717, 1.165) is 11.3 Å². The van der Waals surface area contributed by atoms with Crippen molar-refractivity contribution in [2.45, 2.75) is 33.4 Å². The van der Waals surface area contributed by atoms with Crippen molar-refractivity contribution in [1.29, 1.82) is 0 Å². The summed E-state index contributed by atoms with van der Waals surface area (Å²) >= 11 is 0. The molecule has 1 unspecified atom stereocenters. The second-order valence-electron chi connectivity index (χ2n) is 5.07. The minimum Gasteiger partial charge on any atom is -0.351 e. The molecule has 1 aromatic carbocycles. The highest BCUT2D eigenvalue weighted by Gasteiger charge is 2.10. The van der Waals surface area contributed by atoms with Crippen LogP contribution in [0, 0.1) is 5.92 Å². The monoisotopic (exact) mass is 277 g/mol. The molecule has 0 fully saturated rings. The van der Waals surface area contributed by atoms with Gasteiger partial charge in [0.05, 0.1) is 6.04 Å². The fraction of sp³-hybridized carbons (Fsp3) is 0.467. The Morgan fingerprint density at radius 3 is 2.45 bits per heavy atom. The van der Waals surface area contributed by atoms with Crippen LogP contribution in [0.3, 0.4) is 0 Å². The van der Waals surface area contributed by atoms with Gasteiger partial charge in [-0.25, -0.2) is 0 Å². The second kappa shape index (κ2) is 7.65. The molecule has 0 saturated carbocycles. The molecule has 0 aromatic heterocycles. The number of carbonyl (C=O) groups is 2. The summed E-state index contributed by atoms with van der Waals surface area (Å²) in [4.78, 5) is 23.3. The summed E-state index contributed by atoms with van der Waals surface area (Å²) in [7, 11) is 1.74. The molecule has 0 radical (unpaired) electrons. The van der Waals surface area contributed by atoms with Crippen LogP contribution in [-0.4, -0.2) is 24.9 Å². The zero-order chi connectivity index (χ0) is 15.1. The molecule has 20 heavy (non-hydrogen) atoms. The first-order valence-corrected chi connectivity index (χ1v) is 6.78. The largest absolute Gasteiger partial charge is 0.351 e. The number of carbonyl (C=O) groups excluding carboxylic acids is 2. The van der Waals surface area contributed by atoms with Crippen molar-refractivity contribution in [1.82, 2.24) is 10.6 Å². The fourth-order valence-corrected chi connectivity index (χ4v) is 1.52. The summed E-state index contributed by atoms with van der Waals surface area (Å²) in [5, 5.41) is 8.56. The van der Waals surface area contributed by atoms with Gasteiger partial charge in [-0.05, 0) is 31.7 Å². The van der Waals surface area contributed by atoms with Gasteiger partial charge in [0, 0.05) is 18.2 Å². The van der Waals surface area contributed by atoms with Gasteiger partial charge in [0.15, 0.2) is 0 Å². The Labute approximate surface area is 120 Å². The molecule has 5 heteroatoms. The number of nitrogens with one attached hydrogen (secondary N) is 3. The number of anilines is 1. The maximum atomic E-state index is 11.7. The van der Waals surface area contributed by atoms with Crippen LogP contribution in [0.25, 0.3) is 0 Å². The molecule has 0 aliphatic heterocycles. The lowest BCUT2D eigenvalue weighted by Crippen LogP contribution is -2.39. The van der Waals surface area contributed by atoms with Gasteiger partial charge in [-0.1, -0.05) is 26.0 Å². The molecule has 3 N–H and O–H groups in total. The molecule has 0 aliphatic rings. The van der Waals surface area contributed by atoms with Gasteiger partial charge in [-0.2, -0.15) is 0 Å². The van der Waals surface area contributed by atoms with Gasteiger partial charge in [0.2, 0.25) is 11.8 Å². The Kier molecular flexibility index (Phi) is 6.18. The van der Waals surface area contributed by atoms with Crippen LogP contribution in [-0.2, 0) is 16.1 Å². The first-order chi connectivity index (χ1) is 9.43. The quantitative estimate of drug-likeness (QED) is 0.738. The Hall–Kier alpha value is -1.88. The lowest BCUT2D eigenvalue weighted by Gasteiger charge is -2.12. The predicted octanol–water partition coefficient (Wildman–Crippen LogP) is 1.51. The van der Waals surface area contributed by atoms with Gasteiger partial charge in [0.1, 0.15) is 0 Å². The van der Waals surface area contributed by atoms with Crippen molar-refractivity contribution in [2.75, 3.05) is 12.4 Å². The highest BCUT2D eigenvalue weighted by Crippen LogP contribution is 2.11. The average Bonchev–Trinajstić information content (AvgIpc) is 2.44. The molecule has 1 atom stereocenters. The molecule has 5 nitrogen and oxygen atoms in total. The highest BCUT2D eigenvalue weighted by atomic mass is 16.2. The van der Waals surface area contributed by atoms with Crippen molar-refractivity contribution in [3.63, 3.8) is 0 Å². The lowest BCUT2D eigenvalue weighted by atomic mass is 10.1. The summed E-state index contributed by atoms with van der Waals surface area (Å²) in [6, 6.07) is 7.25. The zero-order valence-corrected chi connectivity index (χ0v) is 12.5. The molecule has 110 valence electrons. The van der Waals surface area contributed by atoms with Crippen LogP contribution < -0.4 is 16.0 Å². The number of amides is 2. The normalized spacial score (nSPS) is 12.1. The molecule has 0 spiro atoms. The maximum absolute atomic E-state index is 11.7. The number of likely N-dealkylation sites (N-methyl/N-ethyl adjacent to an activating group) is 1. The van der Waals surface area contributed by atoms with Crippen molar-refractivity contribution in [2.24, 2.45) is 5.92 Å². The molecular formula is C15H23N3O2. The van der Waals surface area contributed by atoms with E-state index in [2.05, 4.69) is 16.0 Å². The van der Waals surface area contributed by atoms with Crippen LogP contribution in [0.4, 0.5) is 5.69 Å². The number of benzene rings is 1. The Morgan fingerprint density at radius 1 is 1.15 bits per heavy atom. The van der Waals surface area contributed by atoms with Crippen LogP contribution in [0.1, 0.15) is 26.3 Å². The van der Waals surface area contributed by atoms with E-state index in [4.69, 9.17) is 0 Å². The van der Waals surface area contributed by atoms with Gasteiger partial charge < -0.3 is 16.0 Å². The summed E-state index contributed by atoms with van der Waals surface area (Å²) in [5.74, 6) is -0.131. The SMILES string of the molecule is CNC(C)C(=O)NCc1cccc(NC(=O)C(C)C)c1. The Balaban J connectivity index is 2.60. The van der Waals surface area contributed by atoms with Gasteiger partial charge in [-0.15, -0.1) is 0 Å². The van der Waals surface area contributed by atoms with Crippen molar-refractivity contribution >= 4 is 17.5 Å². The van der Waals surface area contributed by atoms with Gasteiger partial charge in [0.25, 0.3) is 0 Å². The van der Waals surface area contributed by atoms with Crippen LogP contribution >= 0.6 is 0 Å². The van der Waals surface area contributed by atoms with E-state index in [1.54, 1.807) is 14.0 Å². The van der Waals surface area contributed by atoms with Crippen LogP contribution in [0.5, 0.6) is 0 Å². The topological polar surface area (TPSA) is 70.2 Å². The summed E-state index contributed by atoms with van der Waals surface area (Å²) in [6.07, 6.45) is 0. The molecule has 2 amide bonds. The molecule has 1 aromatic rings. The fourth-order valence-electron chi connectivity index (χ4n) is 1.52. The third kappa shape index (κ3) is 5.01. The molecule has 0 aliphatic carbocycles. The minimum atomic E-state index is -0.223. The zero-order valence-electron chi connectivity index (χ0n) is 12.5. The molecule has 0 bridgehead atoms. The number of hydrogen-bond acceptors (Lipinski definition) is 3. The van der Waals surface area contributed by atoms with E-state index in [-0.39, 0.29) is 23.8 Å². The number of rotatable bonds is 6. The third-order valence-electron chi connectivity index (χ3n) is 3.01. The van der Waals surface area contributed by atoms with Crippen LogP contribution in [0.15, 0.2) is 24.3 Å². The standard InChI is InChI=1S/C15H23N3O2/c1-10(2)14(19)18-13-7-5-6-12(8-13)9-17-15(20)11(3)16-4/h5-8,10-11,16H,9H2,1-4H3,(H,17,20)(H,18,19). The first-order valence-electron chi connectivity index (χ1n) is 6.78. The molecule has 0 heterocycles. The van der Waals surface area contributed by atoms with E-state index < -0.39 is 0 Å². The average molecular weight is 277 g/mol. The maximum Gasteiger partial charge on any atom is 0.237 e. The molecule has 0 saturated heterocycles. The van der Waals surface area contributed by atoms with E-state index in [1.165, 1.54) is 0 Å². The van der Waals surface area contributed by atoms with Crippen molar-refractivity contribution in [3.8, 4) is 0 Å². The predicted molar refractivity (Wildman–Crippen MR) is 80.3 cm³/mol.